The molecule has 26 heavy (non-hydrogen) atoms. The summed E-state index contributed by atoms with van der Waals surface area (Å²) in [5, 5.41) is 9.27. The van der Waals surface area contributed by atoms with Crippen molar-refractivity contribution in [2.45, 2.75) is 39.5 Å². The number of carbonyl (C=O) groups is 2. The molecule has 138 valence electrons. The van der Waals surface area contributed by atoms with Gasteiger partial charge < -0.3 is 9.84 Å². The molecule has 2 rings (SSSR count). The first-order chi connectivity index (χ1) is 12.5. The van der Waals surface area contributed by atoms with Crippen LogP contribution in [0.3, 0.4) is 0 Å². The lowest BCUT2D eigenvalue weighted by Gasteiger charge is -2.15. The van der Waals surface area contributed by atoms with Crippen LogP contribution in [0, 0.1) is 5.92 Å². The van der Waals surface area contributed by atoms with Gasteiger partial charge in [0.15, 0.2) is 0 Å². The number of ether oxygens (including phenoxy) is 1. The summed E-state index contributed by atoms with van der Waals surface area (Å²) in [5.74, 6) is 0.127. The van der Waals surface area contributed by atoms with Gasteiger partial charge >= 0.3 is 0 Å². The standard InChI is InChI=1S/C22H26O4/c1-3-5-6-16(4-2)15-26-20-13-9-18(10-14-20)22(25)21(24)17-7-11-19(23)12-8-17/h7-14,16,23H,3-6,15H2,1-2H3. The largest absolute Gasteiger partial charge is 0.508 e. The number of carbonyl (C=O) groups excluding carboxylic acids is 2. The summed E-state index contributed by atoms with van der Waals surface area (Å²) in [4.78, 5) is 24.6. The Morgan fingerprint density at radius 1 is 0.923 bits per heavy atom. The van der Waals surface area contributed by atoms with Crippen LogP contribution >= 0.6 is 0 Å². The molecule has 0 spiro atoms. The van der Waals surface area contributed by atoms with Crippen molar-refractivity contribution >= 4 is 11.6 Å². The molecule has 0 saturated carbocycles. The molecule has 0 bridgehead atoms. The van der Waals surface area contributed by atoms with Gasteiger partial charge in [-0.2, -0.15) is 0 Å². The fourth-order valence-corrected chi connectivity index (χ4v) is 2.69. The molecule has 1 N–H and O–H groups in total. The van der Waals surface area contributed by atoms with Crippen molar-refractivity contribution < 1.29 is 19.4 Å². The molecule has 0 radical (unpaired) electrons. The molecule has 0 aliphatic carbocycles. The number of aromatic hydroxyl groups is 1. The number of hydrogen-bond donors (Lipinski definition) is 1. The van der Waals surface area contributed by atoms with E-state index in [1.54, 1.807) is 24.3 Å². The van der Waals surface area contributed by atoms with Crippen molar-refractivity contribution in [2.24, 2.45) is 5.92 Å². The first kappa shape index (κ1) is 19.7. The maximum absolute atomic E-state index is 12.3. The van der Waals surface area contributed by atoms with E-state index >= 15 is 0 Å². The summed E-state index contributed by atoms with van der Waals surface area (Å²) in [6.45, 7) is 5.01. The molecule has 0 aliphatic heterocycles. The number of ketones is 2. The van der Waals surface area contributed by atoms with E-state index in [2.05, 4.69) is 13.8 Å². The van der Waals surface area contributed by atoms with E-state index in [1.165, 1.54) is 37.1 Å². The van der Waals surface area contributed by atoms with Crippen LogP contribution in [0.4, 0.5) is 0 Å². The molecule has 2 aromatic rings. The molecular formula is C22H26O4. The smallest absolute Gasteiger partial charge is 0.233 e. The van der Waals surface area contributed by atoms with Crippen LogP contribution in [-0.4, -0.2) is 23.3 Å². The first-order valence-electron chi connectivity index (χ1n) is 9.16. The monoisotopic (exact) mass is 354 g/mol. The number of Topliss-reactive ketones (excluding diaryl/α,β-unsaturated/α-hetero) is 2. The zero-order chi connectivity index (χ0) is 18.9. The summed E-state index contributed by atoms with van der Waals surface area (Å²) in [6, 6.07) is 12.3. The summed E-state index contributed by atoms with van der Waals surface area (Å²) in [6.07, 6.45) is 4.62. The predicted molar refractivity (Wildman–Crippen MR) is 102 cm³/mol. The van der Waals surface area contributed by atoms with Crippen molar-refractivity contribution in [1.82, 2.24) is 0 Å². The maximum atomic E-state index is 12.3. The number of rotatable bonds is 10. The van der Waals surface area contributed by atoms with Gasteiger partial charge in [0.25, 0.3) is 0 Å². The Morgan fingerprint density at radius 3 is 1.96 bits per heavy atom. The zero-order valence-corrected chi connectivity index (χ0v) is 15.4. The number of benzene rings is 2. The summed E-state index contributed by atoms with van der Waals surface area (Å²) in [5.41, 5.74) is 0.586. The minimum absolute atomic E-state index is 0.0554. The van der Waals surface area contributed by atoms with Crippen LogP contribution in [0.25, 0.3) is 0 Å². The maximum Gasteiger partial charge on any atom is 0.233 e. The number of hydrogen-bond acceptors (Lipinski definition) is 4. The summed E-state index contributed by atoms with van der Waals surface area (Å²) in [7, 11) is 0. The second-order valence-electron chi connectivity index (χ2n) is 6.46. The molecule has 4 nitrogen and oxygen atoms in total. The lowest BCUT2D eigenvalue weighted by atomic mass is 10.0. The van der Waals surface area contributed by atoms with E-state index in [1.807, 2.05) is 0 Å². The Kier molecular flexibility index (Phi) is 7.39. The van der Waals surface area contributed by atoms with Crippen LogP contribution < -0.4 is 4.74 Å². The molecule has 0 aromatic heterocycles. The van der Waals surface area contributed by atoms with Gasteiger partial charge in [0.05, 0.1) is 6.61 Å². The quantitative estimate of drug-likeness (QED) is 0.479. The zero-order valence-electron chi connectivity index (χ0n) is 15.4. The van der Waals surface area contributed by atoms with Gasteiger partial charge in [0.1, 0.15) is 11.5 Å². The SMILES string of the molecule is CCCCC(CC)COc1ccc(C(=O)C(=O)c2ccc(O)cc2)cc1. The van der Waals surface area contributed by atoms with Gasteiger partial charge in [-0.3, -0.25) is 9.59 Å². The minimum atomic E-state index is -0.593. The summed E-state index contributed by atoms with van der Waals surface area (Å²) >= 11 is 0. The second kappa shape index (κ2) is 9.76. The molecular weight excluding hydrogens is 328 g/mol. The average Bonchev–Trinajstić information content (AvgIpc) is 2.68. The van der Waals surface area contributed by atoms with E-state index in [4.69, 9.17) is 4.74 Å². The van der Waals surface area contributed by atoms with Crippen LogP contribution in [0.1, 0.15) is 60.2 Å². The van der Waals surface area contributed by atoms with Crippen molar-refractivity contribution in [3.05, 3.63) is 59.7 Å². The lowest BCUT2D eigenvalue weighted by molar-refractivity contribution is 0.0817. The number of phenols is 1. The number of unbranched alkanes of at least 4 members (excludes halogenated alkanes) is 1. The van der Waals surface area contributed by atoms with Crippen LogP contribution in [-0.2, 0) is 0 Å². The molecule has 0 saturated heterocycles. The highest BCUT2D eigenvalue weighted by Crippen LogP contribution is 2.19. The van der Waals surface area contributed by atoms with Gasteiger partial charge in [-0.25, -0.2) is 0 Å². The average molecular weight is 354 g/mol. The van der Waals surface area contributed by atoms with Gasteiger partial charge in [-0.15, -0.1) is 0 Å². The van der Waals surface area contributed by atoms with Crippen molar-refractivity contribution in [2.75, 3.05) is 6.61 Å². The van der Waals surface area contributed by atoms with Crippen LogP contribution in [0.5, 0.6) is 11.5 Å². The molecule has 2 aromatic carbocycles. The Labute approximate surface area is 154 Å². The normalized spacial score (nSPS) is 11.8. The highest BCUT2D eigenvalue weighted by molar-refractivity contribution is 6.49. The topological polar surface area (TPSA) is 63.6 Å². The van der Waals surface area contributed by atoms with Crippen LogP contribution in [0.15, 0.2) is 48.5 Å². The van der Waals surface area contributed by atoms with Crippen molar-refractivity contribution in [3.63, 3.8) is 0 Å². The second-order valence-corrected chi connectivity index (χ2v) is 6.46. The predicted octanol–water partition coefficient (Wildman–Crippen LogP) is 5.05. The fourth-order valence-electron chi connectivity index (χ4n) is 2.69. The number of phenolic OH excluding ortho intramolecular Hbond substituents is 1. The third-order valence-corrected chi connectivity index (χ3v) is 4.48. The van der Waals surface area contributed by atoms with Gasteiger partial charge in [-0.05, 0) is 60.9 Å². The van der Waals surface area contributed by atoms with Gasteiger partial charge in [0, 0.05) is 11.1 Å². The van der Waals surface area contributed by atoms with E-state index in [0.29, 0.717) is 23.8 Å². The van der Waals surface area contributed by atoms with E-state index in [9.17, 15) is 14.7 Å². The van der Waals surface area contributed by atoms with E-state index < -0.39 is 11.6 Å². The highest BCUT2D eigenvalue weighted by Gasteiger charge is 2.18. The lowest BCUT2D eigenvalue weighted by Crippen LogP contribution is -2.14. The molecule has 0 heterocycles. The van der Waals surface area contributed by atoms with Gasteiger partial charge in [0.2, 0.25) is 11.6 Å². The molecule has 4 heteroatoms. The Balaban J connectivity index is 1.96. The minimum Gasteiger partial charge on any atom is -0.508 e. The first-order valence-corrected chi connectivity index (χ1v) is 9.16. The van der Waals surface area contributed by atoms with Crippen molar-refractivity contribution in [1.29, 1.82) is 0 Å². The molecule has 1 unspecified atom stereocenters. The third-order valence-electron chi connectivity index (χ3n) is 4.48. The highest BCUT2D eigenvalue weighted by atomic mass is 16.5. The van der Waals surface area contributed by atoms with E-state index in [0.717, 1.165) is 12.8 Å². The third kappa shape index (κ3) is 5.45. The Bertz CT molecular complexity index is 717. The summed E-state index contributed by atoms with van der Waals surface area (Å²) < 4.78 is 5.83. The van der Waals surface area contributed by atoms with Crippen LogP contribution in [0.2, 0.25) is 0 Å². The molecule has 0 amide bonds. The Hall–Kier alpha value is -2.62. The molecule has 0 aliphatic rings. The fraction of sp³-hybridized carbons (Fsp3) is 0.364. The van der Waals surface area contributed by atoms with Crippen molar-refractivity contribution in [3.8, 4) is 11.5 Å². The molecule has 0 fully saturated rings. The van der Waals surface area contributed by atoms with E-state index in [-0.39, 0.29) is 11.3 Å². The van der Waals surface area contributed by atoms with Gasteiger partial charge in [-0.1, -0.05) is 33.1 Å². The molecule has 1 atom stereocenters. The Morgan fingerprint density at radius 2 is 1.46 bits per heavy atom.